The maximum absolute atomic E-state index is 11.2. The van der Waals surface area contributed by atoms with Crippen molar-refractivity contribution >= 4 is 11.6 Å². The fraction of sp³-hybridized carbons (Fsp3) is 0.250. The molecule has 3 nitrogen and oxygen atoms in total. The van der Waals surface area contributed by atoms with Gasteiger partial charge in [0.15, 0.2) is 0 Å². The van der Waals surface area contributed by atoms with Crippen LogP contribution in [0.3, 0.4) is 0 Å². The van der Waals surface area contributed by atoms with E-state index in [1.165, 1.54) is 0 Å². The van der Waals surface area contributed by atoms with Gasteiger partial charge in [-0.15, -0.1) is 0 Å². The summed E-state index contributed by atoms with van der Waals surface area (Å²) in [6.45, 7) is 1.60. The Balaban J connectivity index is 2.91. The second-order valence-electron chi connectivity index (χ2n) is 2.91. The Morgan fingerprint density at radius 3 is 2.87 bits per heavy atom. The first-order valence-corrected chi connectivity index (χ1v) is 4.76. The monoisotopic (exact) mass is 203 g/mol. The quantitative estimate of drug-likeness (QED) is 0.713. The summed E-state index contributed by atoms with van der Waals surface area (Å²) in [7, 11) is 0. The van der Waals surface area contributed by atoms with E-state index in [-0.39, 0.29) is 12.5 Å². The van der Waals surface area contributed by atoms with Gasteiger partial charge in [-0.1, -0.05) is 30.9 Å². The van der Waals surface area contributed by atoms with Crippen molar-refractivity contribution in [1.82, 2.24) is 0 Å². The molecule has 0 fully saturated rings. The highest BCUT2D eigenvalue weighted by Crippen LogP contribution is 2.13. The predicted octanol–water partition coefficient (Wildman–Crippen LogP) is 1.38. The van der Waals surface area contributed by atoms with Crippen LogP contribution in [-0.2, 0) is 4.79 Å². The molecule has 2 N–H and O–H groups in total. The molecule has 3 heteroatoms. The molecule has 0 aliphatic carbocycles. The number of rotatable bonds is 2. The second kappa shape index (κ2) is 5.84. The Labute approximate surface area is 89.1 Å². The average Bonchev–Trinajstić information content (AvgIpc) is 2.28. The van der Waals surface area contributed by atoms with Gasteiger partial charge in [-0.25, -0.2) is 0 Å². The largest absolute Gasteiger partial charge is 0.384 e. The van der Waals surface area contributed by atoms with Crippen LogP contribution in [0.5, 0.6) is 0 Å². The molecule has 78 valence electrons. The zero-order valence-corrected chi connectivity index (χ0v) is 8.58. The molecule has 1 aromatic rings. The van der Waals surface area contributed by atoms with Crippen LogP contribution in [0.4, 0.5) is 5.69 Å². The van der Waals surface area contributed by atoms with Crippen LogP contribution in [0.15, 0.2) is 24.3 Å². The Kier molecular flexibility index (Phi) is 4.39. The van der Waals surface area contributed by atoms with E-state index >= 15 is 0 Å². The highest BCUT2D eigenvalue weighted by atomic mass is 16.2. The smallest absolute Gasteiger partial charge is 0.224 e. The minimum atomic E-state index is -0.184. The summed E-state index contributed by atoms with van der Waals surface area (Å²) in [6, 6.07) is 7.25. The summed E-state index contributed by atoms with van der Waals surface area (Å²) in [5.74, 6) is 5.28. The summed E-state index contributed by atoms with van der Waals surface area (Å²) < 4.78 is 0. The molecule has 0 aromatic heterocycles. The highest BCUT2D eigenvalue weighted by molar-refractivity contribution is 5.91. The fourth-order valence-electron chi connectivity index (χ4n) is 1.07. The standard InChI is InChI=1S/C12H13NO2/c1-2-12(15)13-11-8-4-3-6-10(11)7-5-9-14/h3-4,6,8,14H,2,9H2,1H3,(H,13,15). The average molecular weight is 203 g/mol. The third-order valence-electron chi connectivity index (χ3n) is 1.82. The van der Waals surface area contributed by atoms with E-state index in [4.69, 9.17) is 5.11 Å². The molecule has 15 heavy (non-hydrogen) atoms. The summed E-state index contributed by atoms with van der Waals surface area (Å²) >= 11 is 0. The number of aliphatic hydroxyl groups is 1. The van der Waals surface area contributed by atoms with Crippen LogP contribution >= 0.6 is 0 Å². The molecule has 1 amide bonds. The predicted molar refractivity (Wildman–Crippen MR) is 59.3 cm³/mol. The van der Waals surface area contributed by atoms with Gasteiger partial charge in [-0.2, -0.15) is 0 Å². The number of anilines is 1. The number of benzene rings is 1. The third kappa shape index (κ3) is 3.45. The zero-order chi connectivity index (χ0) is 11.1. The van der Waals surface area contributed by atoms with Gasteiger partial charge in [-0.3, -0.25) is 4.79 Å². The van der Waals surface area contributed by atoms with Crippen molar-refractivity contribution in [3.8, 4) is 11.8 Å². The van der Waals surface area contributed by atoms with Gasteiger partial charge in [-0.05, 0) is 12.1 Å². The molecule has 0 bridgehead atoms. The summed E-state index contributed by atoms with van der Waals surface area (Å²) in [5, 5.41) is 11.3. The van der Waals surface area contributed by atoms with Crippen LogP contribution in [0, 0.1) is 11.8 Å². The summed E-state index contributed by atoms with van der Waals surface area (Å²) in [4.78, 5) is 11.2. The molecule has 0 aliphatic rings. The lowest BCUT2D eigenvalue weighted by Gasteiger charge is -2.05. The third-order valence-corrected chi connectivity index (χ3v) is 1.82. The molecule has 0 radical (unpaired) electrons. The van der Waals surface area contributed by atoms with Gasteiger partial charge in [0.2, 0.25) is 5.91 Å². The lowest BCUT2D eigenvalue weighted by atomic mass is 10.2. The first kappa shape index (κ1) is 11.3. The fourth-order valence-corrected chi connectivity index (χ4v) is 1.07. The number of nitrogens with one attached hydrogen (secondary N) is 1. The van der Waals surface area contributed by atoms with Crippen molar-refractivity contribution in [2.75, 3.05) is 11.9 Å². The normalized spacial score (nSPS) is 8.93. The topological polar surface area (TPSA) is 49.3 Å². The van der Waals surface area contributed by atoms with Crippen molar-refractivity contribution in [3.63, 3.8) is 0 Å². The molecule has 0 saturated carbocycles. The number of para-hydroxylation sites is 1. The molecule has 1 rings (SSSR count). The van der Waals surface area contributed by atoms with E-state index in [9.17, 15) is 4.79 Å². The van der Waals surface area contributed by atoms with Crippen LogP contribution in [0.25, 0.3) is 0 Å². The zero-order valence-electron chi connectivity index (χ0n) is 8.58. The Morgan fingerprint density at radius 2 is 2.20 bits per heavy atom. The molecular weight excluding hydrogens is 190 g/mol. The number of hydrogen-bond donors (Lipinski definition) is 2. The molecule has 0 heterocycles. The van der Waals surface area contributed by atoms with Crippen molar-refractivity contribution in [3.05, 3.63) is 29.8 Å². The van der Waals surface area contributed by atoms with Crippen molar-refractivity contribution < 1.29 is 9.90 Å². The molecule has 0 spiro atoms. The number of carbonyl (C=O) groups excluding carboxylic acids is 1. The minimum Gasteiger partial charge on any atom is -0.384 e. The van der Waals surface area contributed by atoms with Crippen LogP contribution in [0.1, 0.15) is 18.9 Å². The number of hydrogen-bond acceptors (Lipinski definition) is 2. The van der Waals surface area contributed by atoms with Gasteiger partial charge in [0.25, 0.3) is 0 Å². The Hall–Kier alpha value is -1.79. The highest BCUT2D eigenvalue weighted by Gasteiger charge is 2.01. The molecule has 0 saturated heterocycles. The maximum Gasteiger partial charge on any atom is 0.224 e. The van der Waals surface area contributed by atoms with E-state index < -0.39 is 0 Å². The van der Waals surface area contributed by atoms with Crippen molar-refractivity contribution in [1.29, 1.82) is 0 Å². The van der Waals surface area contributed by atoms with E-state index in [1.54, 1.807) is 19.1 Å². The first-order valence-electron chi connectivity index (χ1n) is 4.76. The van der Waals surface area contributed by atoms with Crippen molar-refractivity contribution in [2.24, 2.45) is 0 Å². The van der Waals surface area contributed by atoms with Gasteiger partial charge in [0.05, 0.1) is 5.69 Å². The van der Waals surface area contributed by atoms with Gasteiger partial charge < -0.3 is 10.4 Å². The molecular formula is C12H13NO2. The van der Waals surface area contributed by atoms with E-state index in [0.717, 1.165) is 0 Å². The lowest BCUT2D eigenvalue weighted by Crippen LogP contribution is -2.10. The molecule has 0 unspecified atom stereocenters. The van der Waals surface area contributed by atoms with E-state index in [1.807, 2.05) is 12.1 Å². The SMILES string of the molecule is CCC(=O)Nc1ccccc1C#CCO. The summed E-state index contributed by atoms with van der Waals surface area (Å²) in [5.41, 5.74) is 1.40. The molecule has 1 aromatic carbocycles. The lowest BCUT2D eigenvalue weighted by molar-refractivity contribution is -0.115. The van der Waals surface area contributed by atoms with E-state index in [0.29, 0.717) is 17.7 Å². The molecule has 0 aliphatic heterocycles. The minimum absolute atomic E-state index is 0.0479. The second-order valence-corrected chi connectivity index (χ2v) is 2.91. The van der Waals surface area contributed by atoms with Gasteiger partial charge in [0.1, 0.15) is 6.61 Å². The number of amides is 1. The maximum atomic E-state index is 11.2. The first-order chi connectivity index (χ1) is 7.27. The number of carbonyl (C=O) groups is 1. The summed E-state index contributed by atoms with van der Waals surface area (Å²) in [6.07, 6.45) is 0.432. The molecule has 0 atom stereocenters. The van der Waals surface area contributed by atoms with Gasteiger partial charge in [0, 0.05) is 12.0 Å². The van der Waals surface area contributed by atoms with Crippen LogP contribution < -0.4 is 5.32 Å². The van der Waals surface area contributed by atoms with Crippen molar-refractivity contribution in [2.45, 2.75) is 13.3 Å². The Bertz CT molecular complexity index is 402. The van der Waals surface area contributed by atoms with E-state index in [2.05, 4.69) is 17.2 Å². The van der Waals surface area contributed by atoms with Gasteiger partial charge >= 0.3 is 0 Å². The van der Waals surface area contributed by atoms with Crippen LogP contribution in [0.2, 0.25) is 0 Å². The number of aliphatic hydroxyl groups excluding tert-OH is 1. The van der Waals surface area contributed by atoms with Crippen LogP contribution in [-0.4, -0.2) is 17.6 Å². The Morgan fingerprint density at radius 1 is 1.47 bits per heavy atom.